The number of aromatic nitrogens is 5. The molecule has 0 aliphatic heterocycles. The van der Waals surface area contributed by atoms with Crippen LogP contribution >= 0.6 is 0 Å². The molecule has 0 amide bonds. The lowest BCUT2D eigenvalue weighted by Crippen LogP contribution is -2.22. The van der Waals surface area contributed by atoms with E-state index < -0.39 is 14.2 Å². The molecular formula is C13H21N5O3Si. The van der Waals surface area contributed by atoms with Gasteiger partial charge >= 0.3 is 6.09 Å². The molecule has 0 N–H and O–H groups in total. The number of hydrogen-bond acceptors (Lipinski definition) is 6. The van der Waals surface area contributed by atoms with Gasteiger partial charge in [0.2, 0.25) is 0 Å². The highest BCUT2D eigenvalue weighted by atomic mass is 28.3. The highest BCUT2D eigenvalue weighted by Gasteiger charge is 2.12. The molecule has 2 rings (SSSR count). The van der Waals surface area contributed by atoms with Crippen LogP contribution in [0.3, 0.4) is 0 Å². The summed E-state index contributed by atoms with van der Waals surface area (Å²) in [5, 5.41) is 4.19. The SMILES string of the molecule is C[Si](C)(C)CCOCn1cnc(COC(=O)n2ccnc2)n1. The Balaban J connectivity index is 1.71. The monoisotopic (exact) mass is 323 g/mol. The number of carbonyl (C=O) groups excluding carboxylic acids is 1. The van der Waals surface area contributed by atoms with E-state index in [1.165, 1.54) is 23.3 Å². The first kappa shape index (κ1) is 16.4. The first-order chi connectivity index (χ1) is 10.4. The van der Waals surface area contributed by atoms with Crippen molar-refractivity contribution in [3.8, 4) is 0 Å². The summed E-state index contributed by atoms with van der Waals surface area (Å²) < 4.78 is 13.5. The second kappa shape index (κ2) is 7.32. The molecule has 9 heteroatoms. The van der Waals surface area contributed by atoms with Crippen molar-refractivity contribution < 1.29 is 14.3 Å². The Morgan fingerprint density at radius 1 is 1.32 bits per heavy atom. The first-order valence-electron chi connectivity index (χ1n) is 7.05. The number of carbonyl (C=O) groups is 1. The zero-order valence-electron chi connectivity index (χ0n) is 13.1. The van der Waals surface area contributed by atoms with Gasteiger partial charge in [-0.05, 0) is 6.04 Å². The van der Waals surface area contributed by atoms with E-state index >= 15 is 0 Å². The van der Waals surface area contributed by atoms with Crippen molar-refractivity contribution in [2.45, 2.75) is 39.0 Å². The van der Waals surface area contributed by atoms with Crippen LogP contribution in [-0.4, -0.2) is 45.1 Å². The van der Waals surface area contributed by atoms with Gasteiger partial charge in [0.25, 0.3) is 0 Å². The highest BCUT2D eigenvalue weighted by molar-refractivity contribution is 6.76. The maximum absolute atomic E-state index is 11.6. The molecule has 0 saturated heterocycles. The predicted molar refractivity (Wildman–Crippen MR) is 81.9 cm³/mol. The predicted octanol–water partition coefficient (Wildman–Crippen LogP) is 1.97. The second-order valence-electron chi connectivity index (χ2n) is 6.07. The molecule has 2 heterocycles. The second-order valence-corrected chi connectivity index (χ2v) is 11.7. The molecular weight excluding hydrogens is 302 g/mol. The molecule has 0 bridgehead atoms. The lowest BCUT2D eigenvalue weighted by atomic mass is 10.7. The molecule has 0 aliphatic rings. The van der Waals surface area contributed by atoms with Gasteiger partial charge < -0.3 is 9.47 Å². The minimum absolute atomic E-state index is 0.0128. The van der Waals surface area contributed by atoms with Crippen LogP contribution in [0.25, 0.3) is 0 Å². The average Bonchev–Trinajstić information content (AvgIpc) is 3.11. The quantitative estimate of drug-likeness (QED) is 0.572. The van der Waals surface area contributed by atoms with Gasteiger partial charge in [-0.2, -0.15) is 5.10 Å². The van der Waals surface area contributed by atoms with Crippen molar-refractivity contribution in [1.29, 1.82) is 0 Å². The molecule has 8 nitrogen and oxygen atoms in total. The minimum atomic E-state index is -1.08. The smallest absolute Gasteiger partial charge is 0.419 e. The summed E-state index contributed by atoms with van der Waals surface area (Å²) in [4.78, 5) is 19.5. The van der Waals surface area contributed by atoms with Crippen LogP contribution in [0.2, 0.25) is 25.7 Å². The van der Waals surface area contributed by atoms with E-state index in [-0.39, 0.29) is 6.61 Å². The first-order valence-corrected chi connectivity index (χ1v) is 10.8. The van der Waals surface area contributed by atoms with Crippen LogP contribution in [0, 0.1) is 0 Å². The molecule has 0 spiro atoms. The molecule has 22 heavy (non-hydrogen) atoms. The number of hydrogen-bond donors (Lipinski definition) is 0. The molecule has 0 unspecified atom stereocenters. The van der Waals surface area contributed by atoms with Crippen molar-refractivity contribution in [2.75, 3.05) is 6.61 Å². The van der Waals surface area contributed by atoms with Crippen LogP contribution in [-0.2, 0) is 22.8 Å². The maximum Gasteiger partial charge on any atom is 0.419 e. The largest absolute Gasteiger partial charge is 0.441 e. The molecule has 0 radical (unpaired) electrons. The molecule has 120 valence electrons. The fourth-order valence-corrected chi connectivity index (χ4v) is 2.32. The van der Waals surface area contributed by atoms with Gasteiger partial charge in [0.1, 0.15) is 19.4 Å². The van der Waals surface area contributed by atoms with Crippen LogP contribution in [0.15, 0.2) is 25.0 Å². The maximum atomic E-state index is 11.6. The number of nitrogens with zero attached hydrogens (tertiary/aromatic N) is 5. The highest BCUT2D eigenvalue weighted by Crippen LogP contribution is 2.07. The van der Waals surface area contributed by atoms with Gasteiger partial charge in [-0.1, -0.05) is 19.6 Å². The van der Waals surface area contributed by atoms with Crippen molar-refractivity contribution in [1.82, 2.24) is 24.3 Å². The third kappa shape index (κ3) is 5.41. The molecule has 0 aromatic carbocycles. The fourth-order valence-electron chi connectivity index (χ4n) is 1.57. The van der Waals surface area contributed by atoms with E-state index in [4.69, 9.17) is 9.47 Å². The summed E-state index contributed by atoms with van der Waals surface area (Å²) in [5.41, 5.74) is 0. The van der Waals surface area contributed by atoms with E-state index in [0.717, 1.165) is 12.7 Å². The minimum Gasteiger partial charge on any atom is -0.441 e. The summed E-state index contributed by atoms with van der Waals surface area (Å²) in [7, 11) is -1.08. The number of ether oxygens (including phenoxy) is 2. The van der Waals surface area contributed by atoms with Crippen molar-refractivity contribution in [3.05, 3.63) is 30.9 Å². The molecule has 0 atom stereocenters. The molecule has 2 aromatic rings. The van der Waals surface area contributed by atoms with Gasteiger partial charge in [-0.3, -0.25) is 0 Å². The molecule has 0 fully saturated rings. The zero-order valence-corrected chi connectivity index (χ0v) is 14.1. The van der Waals surface area contributed by atoms with E-state index in [9.17, 15) is 4.79 Å². The Labute approximate surface area is 130 Å². The number of rotatable bonds is 7. The summed E-state index contributed by atoms with van der Waals surface area (Å²) in [6.07, 6.45) is 5.45. The van der Waals surface area contributed by atoms with Crippen LogP contribution in [0.5, 0.6) is 0 Å². The van der Waals surface area contributed by atoms with Gasteiger partial charge in [-0.25, -0.2) is 24.0 Å². The van der Waals surface area contributed by atoms with Crippen molar-refractivity contribution >= 4 is 14.2 Å². The van der Waals surface area contributed by atoms with Crippen molar-refractivity contribution in [3.63, 3.8) is 0 Å². The Kier molecular flexibility index (Phi) is 5.44. The third-order valence-corrected chi connectivity index (χ3v) is 4.55. The number of imidazole rings is 1. The normalized spacial score (nSPS) is 11.6. The Morgan fingerprint density at radius 3 is 2.82 bits per heavy atom. The lowest BCUT2D eigenvalue weighted by molar-refractivity contribution is 0.0774. The summed E-state index contributed by atoms with van der Waals surface area (Å²) in [6, 6.07) is 1.11. The Bertz CT molecular complexity index is 591. The Hall–Kier alpha value is -2.00. The third-order valence-electron chi connectivity index (χ3n) is 2.84. The summed E-state index contributed by atoms with van der Waals surface area (Å²) >= 11 is 0. The van der Waals surface area contributed by atoms with Gasteiger partial charge in [-0.15, -0.1) is 0 Å². The Morgan fingerprint density at radius 2 is 2.14 bits per heavy atom. The van der Waals surface area contributed by atoms with Crippen LogP contribution in [0.1, 0.15) is 5.82 Å². The standard InChI is InChI=1S/C13H21N5O3Si/c1-22(2,3)7-6-20-11-18-10-15-12(16-18)8-21-13(19)17-5-4-14-9-17/h4-5,9-10H,6-8,11H2,1-3H3. The summed E-state index contributed by atoms with van der Waals surface area (Å²) in [5.74, 6) is 0.433. The van der Waals surface area contributed by atoms with E-state index in [1.807, 2.05) is 0 Å². The molecule has 2 aromatic heterocycles. The van der Waals surface area contributed by atoms with Crippen molar-refractivity contribution in [2.24, 2.45) is 0 Å². The zero-order chi connectivity index (χ0) is 16.0. The summed E-state index contributed by atoms with van der Waals surface area (Å²) in [6.45, 7) is 8.00. The average molecular weight is 323 g/mol. The van der Waals surface area contributed by atoms with Crippen LogP contribution < -0.4 is 0 Å². The van der Waals surface area contributed by atoms with Crippen LogP contribution in [0.4, 0.5) is 4.79 Å². The van der Waals surface area contributed by atoms with E-state index in [1.54, 1.807) is 11.0 Å². The topological polar surface area (TPSA) is 84.1 Å². The van der Waals surface area contributed by atoms with Gasteiger partial charge in [0, 0.05) is 27.1 Å². The van der Waals surface area contributed by atoms with E-state index in [2.05, 4.69) is 34.7 Å². The van der Waals surface area contributed by atoms with E-state index in [0.29, 0.717) is 12.6 Å². The lowest BCUT2D eigenvalue weighted by Gasteiger charge is -2.15. The van der Waals surface area contributed by atoms with Gasteiger partial charge in [0.15, 0.2) is 12.4 Å². The molecule has 0 aliphatic carbocycles. The molecule has 0 saturated carbocycles. The van der Waals surface area contributed by atoms with Gasteiger partial charge in [0.05, 0.1) is 0 Å². The fraction of sp³-hybridized carbons (Fsp3) is 0.538.